The van der Waals surface area contributed by atoms with E-state index in [9.17, 15) is 4.79 Å². The third kappa shape index (κ3) is 3.79. The molecule has 0 amide bonds. The highest BCUT2D eigenvalue weighted by Gasteiger charge is 2.34. The first kappa shape index (κ1) is 18.1. The van der Waals surface area contributed by atoms with Crippen LogP contribution in [0.5, 0.6) is 0 Å². The molecule has 2 aromatic rings. The maximum atomic E-state index is 12.0. The molecule has 0 unspecified atom stereocenters. The van der Waals surface area contributed by atoms with Crippen LogP contribution in [0.3, 0.4) is 0 Å². The van der Waals surface area contributed by atoms with E-state index in [-0.39, 0.29) is 6.04 Å². The molecular weight excluding hydrogens is 334 g/mol. The Morgan fingerprint density at radius 2 is 1.84 bits per heavy atom. The Morgan fingerprint density at radius 1 is 1.16 bits per heavy atom. The van der Waals surface area contributed by atoms with E-state index in [4.69, 9.17) is 16.3 Å². The lowest BCUT2D eigenvalue weighted by atomic mass is 9.87. The van der Waals surface area contributed by atoms with Gasteiger partial charge in [-0.05, 0) is 32.0 Å². The summed E-state index contributed by atoms with van der Waals surface area (Å²) in [6.07, 6.45) is 1.34. The van der Waals surface area contributed by atoms with Crippen molar-refractivity contribution in [3.8, 4) is 0 Å². The maximum absolute atomic E-state index is 12.0. The second-order valence-electron chi connectivity index (χ2n) is 6.73. The summed E-state index contributed by atoms with van der Waals surface area (Å²) in [4.78, 5) is 14.1. The van der Waals surface area contributed by atoms with Gasteiger partial charge < -0.3 is 4.74 Å². The topological polar surface area (TPSA) is 29.5 Å². The molecule has 0 spiro atoms. The fourth-order valence-electron chi connectivity index (χ4n) is 3.53. The van der Waals surface area contributed by atoms with E-state index in [0.29, 0.717) is 30.3 Å². The van der Waals surface area contributed by atoms with Crippen molar-refractivity contribution in [2.75, 3.05) is 20.2 Å². The molecule has 132 valence electrons. The van der Waals surface area contributed by atoms with Gasteiger partial charge >= 0.3 is 0 Å². The number of hydrogen-bond donors (Lipinski definition) is 0. The van der Waals surface area contributed by atoms with E-state index in [1.807, 2.05) is 56.4 Å². The Morgan fingerprint density at radius 3 is 2.48 bits per heavy atom. The van der Waals surface area contributed by atoms with Crippen molar-refractivity contribution in [3.05, 3.63) is 70.7 Å². The molecule has 0 radical (unpaired) electrons. The smallest absolute Gasteiger partial charge is 0.151 e. The lowest BCUT2D eigenvalue weighted by molar-refractivity contribution is -0.120. The molecular formula is C21H24ClNO2. The minimum atomic E-state index is -0.653. The summed E-state index contributed by atoms with van der Waals surface area (Å²) < 4.78 is 6.38. The third-order valence-electron chi connectivity index (χ3n) is 5.11. The van der Waals surface area contributed by atoms with Crippen LogP contribution in [0, 0.1) is 0 Å². The zero-order valence-corrected chi connectivity index (χ0v) is 15.5. The minimum absolute atomic E-state index is 0.0359. The number of carbonyl (C=O) groups excluding carboxylic acids is 1. The van der Waals surface area contributed by atoms with Crippen molar-refractivity contribution in [1.29, 1.82) is 0 Å². The molecule has 2 aromatic carbocycles. The summed E-state index contributed by atoms with van der Waals surface area (Å²) in [5.41, 5.74) is 1.34. The molecule has 2 atom stereocenters. The molecule has 1 aliphatic rings. The van der Waals surface area contributed by atoms with E-state index in [0.717, 1.165) is 17.7 Å². The van der Waals surface area contributed by atoms with Gasteiger partial charge in [0.25, 0.3) is 0 Å². The van der Waals surface area contributed by atoms with Crippen molar-refractivity contribution >= 4 is 17.4 Å². The monoisotopic (exact) mass is 357 g/mol. The molecule has 0 N–H and O–H groups in total. The standard InChI is InChI=1S/C21H24ClNO2/c1-21(16-8-4-3-5-9-16,17-10-6-7-11-18(17)22)25-15-13-19-20(24)12-14-23(19)2/h3-11,19H,12-15H2,1-2H3/t19-,21-/m1/s1. The molecule has 0 saturated carbocycles. The quantitative estimate of drug-likeness (QED) is 0.772. The zero-order chi connectivity index (χ0) is 17.9. The Kier molecular flexibility index (Phi) is 5.57. The van der Waals surface area contributed by atoms with Crippen LogP contribution >= 0.6 is 11.6 Å². The van der Waals surface area contributed by atoms with Gasteiger partial charge in [0.15, 0.2) is 5.78 Å². The van der Waals surface area contributed by atoms with Crippen molar-refractivity contribution in [2.24, 2.45) is 0 Å². The average molecular weight is 358 g/mol. The fourth-order valence-corrected chi connectivity index (χ4v) is 3.85. The Hall–Kier alpha value is -1.68. The van der Waals surface area contributed by atoms with E-state index < -0.39 is 5.60 Å². The van der Waals surface area contributed by atoms with Gasteiger partial charge in [0.1, 0.15) is 5.60 Å². The van der Waals surface area contributed by atoms with Gasteiger partial charge in [-0.3, -0.25) is 9.69 Å². The second kappa shape index (κ2) is 7.69. The molecule has 1 saturated heterocycles. The van der Waals surface area contributed by atoms with Crippen LogP contribution in [0.1, 0.15) is 30.9 Å². The highest BCUT2D eigenvalue weighted by molar-refractivity contribution is 6.31. The molecule has 0 bridgehead atoms. The molecule has 3 nitrogen and oxygen atoms in total. The van der Waals surface area contributed by atoms with Gasteiger partial charge in [0.2, 0.25) is 0 Å². The summed E-state index contributed by atoms with van der Waals surface area (Å²) in [6.45, 7) is 3.38. The molecule has 0 aromatic heterocycles. The molecule has 1 aliphatic heterocycles. The van der Waals surface area contributed by atoms with Gasteiger partial charge in [-0.15, -0.1) is 0 Å². The van der Waals surface area contributed by atoms with Crippen LogP contribution in [0.2, 0.25) is 5.02 Å². The number of halogens is 1. The summed E-state index contributed by atoms with van der Waals surface area (Å²) in [6, 6.07) is 17.8. The maximum Gasteiger partial charge on any atom is 0.151 e. The lowest BCUT2D eigenvalue weighted by Gasteiger charge is -2.32. The minimum Gasteiger partial charge on any atom is -0.366 e. The van der Waals surface area contributed by atoms with Gasteiger partial charge in [0.05, 0.1) is 12.6 Å². The van der Waals surface area contributed by atoms with Gasteiger partial charge in [-0.2, -0.15) is 0 Å². The molecule has 1 heterocycles. The van der Waals surface area contributed by atoms with E-state index in [1.54, 1.807) is 0 Å². The number of hydrogen-bond acceptors (Lipinski definition) is 3. The predicted molar refractivity (Wildman–Crippen MR) is 101 cm³/mol. The number of likely N-dealkylation sites (tertiary alicyclic amines) is 1. The van der Waals surface area contributed by atoms with E-state index in [2.05, 4.69) is 17.0 Å². The first-order valence-corrected chi connectivity index (χ1v) is 9.07. The number of likely N-dealkylation sites (N-methyl/N-ethyl adjacent to an activating group) is 1. The SMILES string of the molecule is CN1CCC(=O)[C@H]1CCO[C@](C)(c1ccccc1)c1ccccc1Cl. The molecule has 4 heteroatoms. The molecule has 0 aliphatic carbocycles. The van der Waals surface area contributed by atoms with E-state index >= 15 is 0 Å². The number of carbonyl (C=O) groups is 1. The first-order chi connectivity index (χ1) is 12.0. The van der Waals surface area contributed by atoms with Crippen LogP contribution < -0.4 is 0 Å². The van der Waals surface area contributed by atoms with Gasteiger partial charge in [-0.25, -0.2) is 0 Å². The number of nitrogens with zero attached hydrogens (tertiary/aromatic N) is 1. The third-order valence-corrected chi connectivity index (χ3v) is 5.44. The zero-order valence-electron chi connectivity index (χ0n) is 14.7. The predicted octanol–water partition coefficient (Wildman–Crippen LogP) is 4.28. The van der Waals surface area contributed by atoms with Crippen molar-refractivity contribution in [1.82, 2.24) is 4.90 Å². The Balaban J connectivity index is 1.83. The van der Waals surface area contributed by atoms with Crippen molar-refractivity contribution in [3.63, 3.8) is 0 Å². The number of ketones is 1. The molecule has 25 heavy (non-hydrogen) atoms. The summed E-state index contributed by atoms with van der Waals surface area (Å²) in [5.74, 6) is 0.310. The molecule has 1 fully saturated rings. The lowest BCUT2D eigenvalue weighted by Crippen LogP contribution is -2.34. The summed E-state index contributed by atoms with van der Waals surface area (Å²) in [7, 11) is 2.00. The van der Waals surface area contributed by atoms with Crippen molar-refractivity contribution in [2.45, 2.75) is 31.4 Å². The fraction of sp³-hybridized carbons (Fsp3) is 0.381. The number of rotatable bonds is 6. The van der Waals surface area contributed by atoms with Crippen LogP contribution in [0.25, 0.3) is 0 Å². The highest BCUT2D eigenvalue weighted by atomic mass is 35.5. The molecule has 3 rings (SSSR count). The van der Waals surface area contributed by atoms with Crippen LogP contribution in [-0.2, 0) is 15.1 Å². The summed E-state index contributed by atoms with van der Waals surface area (Å²) in [5, 5.41) is 0.683. The Labute approximate surface area is 154 Å². The van der Waals surface area contributed by atoms with Crippen LogP contribution in [0.15, 0.2) is 54.6 Å². The Bertz CT molecular complexity index is 734. The highest BCUT2D eigenvalue weighted by Crippen LogP contribution is 2.37. The number of Topliss-reactive ketones (excluding diaryl/α,β-unsaturated/α-hetero) is 1. The van der Waals surface area contributed by atoms with Gasteiger partial charge in [0, 0.05) is 23.6 Å². The number of benzene rings is 2. The number of ether oxygens (including phenoxy) is 1. The van der Waals surface area contributed by atoms with Gasteiger partial charge in [-0.1, -0.05) is 60.1 Å². The average Bonchev–Trinajstić information content (AvgIpc) is 2.94. The van der Waals surface area contributed by atoms with Crippen molar-refractivity contribution < 1.29 is 9.53 Å². The van der Waals surface area contributed by atoms with Crippen LogP contribution in [0.4, 0.5) is 0 Å². The van der Waals surface area contributed by atoms with E-state index in [1.165, 1.54) is 0 Å². The summed E-state index contributed by atoms with van der Waals surface area (Å²) >= 11 is 6.47. The first-order valence-electron chi connectivity index (χ1n) is 8.70. The normalized spacial score (nSPS) is 20.6. The second-order valence-corrected chi connectivity index (χ2v) is 7.14. The van der Waals surface area contributed by atoms with Crippen LogP contribution in [-0.4, -0.2) is 36.9 Å². The largest absolute Gasteiger partial charge is 0.366 e.